The molecule has 0 radical (unpaired) electrons. The number of hydrogen-bond acceptors (Lipinski definition) is 2. The summed E-state index contributed by atoms with van der Waals surface area (Å²) in [5, 5.41) is 0. The average molecular weight is 250 g/mol. The second kappa shape index (κ2) is 5.05. The van der Waals surface area contributed by atoms with Crippen LogP contribution in [0.5, 0.6) is 0 Å². The lowest BCUT2D eigenvalue weighted by Crippen LogP contribution is -2.29. The summed E-state index contributed by atoms with van der Waals surface area (Å²) in [7, 11) is 2.11. The summed E-state index contributed by atoms with van der Waals surface area (Å²) in [6.45, 7) is 9.76. The molecule has 1 aromatic rings. The van der Waals surface area contributed by atoms with Gasteiger partial charge in [-0.05, 0) is 36.1 Å². The number of thiocarbonyl (C=S) groups is 1. The van der Waals surface area contributed by atoms with Gasteiger partial charge in [-0.2, -0.15) is 0 Å². The van der Waals surface area contributed by atoms with Gasteiger partial charge in [0.25, 0.3) is 0 Å². The SMILES string of the molecule is Cc1cc(N(C)CC(C)(C)C)ccc1C(N)=S. The summed E-state index contributed by atoms with van der Waals surface area (Å²) < 4.78 is 0. The van der Waals surface area contributed by atoms with Gasteiger partial charge in [0.15, 0.2) is 0 Å². The minimum Gasteiger partial charge on any atom is -0.389 e. The molecule has 94 valence electrons. The third-order valence-corrected chi connectivity index (χ3v) is 2.85. The molecule has 0 heterocycles. The third-order valence-electron chi connectivity index (χ3n) is 2.63. The lowest BCUT2D eigenvalue weighted by Gasteiger charge is -2.28. The molecule has 0 bridgehead atoms. The highest BCUT2D eigenvalue weighted by Gasteiger charge is 2.14. The van der Waals surface area contributed by atoms with Crippen LogP contribution in [0.15, 0.2) is 18.2 Å². The van der Waals surface area contributed by atoms with Crippen LogP contribution >= 0.6 is 12.2 Å². The summed E-state index contributed by atoms with van der Waals surface area (Å²) in [6, 6.07) is 6.22. The van der Waals surface area contributed by atoms with Gasteiger partial charge in [-0.3, -0.25) is 0 Å². The number of nitrogens with two attached hydrogens (primary N) is 1. The highest BCUT2D eigenvalue weighted by atomic mass is 32.1. The lowest BCUT2D eigenvalue weighted by atomic mass is 9.96. The number of hydrogen-bond donors (Lipinski definition) is 1. The summed E-state index contributed by atoms with van der Waals surface area (Å²) in [5.74, 6) is 0. The number of benzene rings is 1. The summed E-state index contributed by atoms with van der Waals surface area (Å²) in [4.78, 5) is 2.73. The van der Waals surface area contributed by atoms with Crippen LogP contribution in [0.25, 0.3) is 0 Å². The molecule has 1 rings (SSSR count). The molecule has 0 fully saturated rings. The van der Waals surface area contributed by atoms with Gasteiger partial charge in [-0.1, -0.05) is 33.0 Å². The zero-order chi connectivity index (χ0) is 13.2. The van der Waals surface area contributed by atoms with E-state index in [1.807, 2.05) is 13.0 Å². The minimum atomic E-state index is 0.282. The maximum atomic E-state index is 5.66. The number of nitrogens with zero attached hydrogens (tertiary/aromatic N) is 1. The van der Waals surface area contributed by atoms with E-state index in [1.165, 1.54) is 5.69 Å². The quantitative estimate of drug-likeness (QED) is 0.836. The Kier molecular flexibility index (Phi) is 4.15. The van der Waals surface area contributed by atoms with Crippen LogP contribution in [0.1, 0.15) is 31.9 Å². The first kappa shape index (κ1) is 14.0. The number of rotatable bonds is 3. The van der Waals surface area contributed by atoms with Gasteiger partial charge in [-0.15, -0.1) is 0 Å². The van der Waals surface area contributed by atoms with E-state index < -0.39 is 0 Å². The molecule has 1 aromatic carbocycles. The molecule has 3 heteroatoms. The molecule has 0 aliphatic heterocycles. The van der Waals surface area contributed by atoms with Crippen LogP contribution in [0.3, 0.4) is 0 Å². The molecule has 2 N–H and O–H groups in total. The molecular weight excluding hydrogens is 228 g/mol. The highest BCUT2D eigenvalue weighted by molar-refractivity contribution is 7.80. The molecule has 0 unspecified atom stereocenters. The van der Waals surface area contributed by atoms with Crippen LogP contribution in [-0.4, -0.2) is 18.6 Å². The summed E-state index contributed by atoms with van der Waals surface area (Å²) in [5.41, 5.74) is 9.25. The Labute approximate surface area is 110 Å². The predicted molar refractivity (Wildman–Crippen MR) is 79.8 cm³/mol. The van der Waals surface area contributed by atoms with E-state index in [9.17, 15) is 0 Å². The van der Waals surface area contributed by atoms with Gasteiger partial charge < -0.3 is 10.6 Å². The van der Waals surface area contributed by atoms with Crippen LogP contribution in [0.4, 0.5) is 5.69 Å². The van der Waals surface area contributed by atoms with Gasteiger partial charge in [-0.25, -0.2) is 0 Å². The van der Waals surface area contributed by atoms with Crippen LogP contribution < -0.4 is 10.6 Å². The van der Waals surface area contributed by atoms with E-state index in [-0.39, 0.29) is 5.41 Å². The van der Waals surface area contributed by atoms with E-state index in [0.29, 0.717) is 4.99 Å². The Balaban J connectivity index is 2.94. The van der Waals surface area contributed by atoms with Crippen molar-refractivity contribution in [3.63, 3.8) is 0 Å². The predicted octanol–water partition coefficient (Wildman–Crippen LogP) is 3.11. The number of anilines is 1. The first-order valence-electron chi connectivity index (χ1n) is 5.82. The van der Waals surface area contributed by atoms with Crippen molar-refractivity contribution in [2.45, 2.75) is 27.7 Å². The molecule has 2 nitrogen and oxygen atoms in total. The Morgan fingerprint density at radius 3 is 2.35 bits per heavy atom. The Morgan fingerprint density at radius 2 is 1.94 bits per heavy atom. The van der Waals surface area contributed by atoms with E-state index in [2.05, 4.69) is 44.9 Å². The van der Waals surface area contributed by atoms with Gasteiger partial charge in [0, 0.05) is 24.8 Å². The fraction of sp³-hybridized carbons (Fsp3) is 0.500. The normalized spacial score (nSPS) is 11.4. The maximum absolute atomic E-state index is 5.66. The van der Waals surface area contributed by atoms with E-state index in [4.69, 9.17) is 18.0 Å². The minimum absolute atomic E-state index is 0.282. The molecule has 0 saturated heterocycles. The molecule has 0 aromatic heterocycles. The molecule has 0 spiro atoms. The molecule has 17 heavy (non-hydrogen) atoms. The zero-order valence-corrected chi connectivity index (χ0v) is 12.2. The van der Waals surface area contributed by atoms with Crippen molar-refractivity contribution < 1.29 is 0 Å². The van der Waals surface area contributed by atoms with Gasteiger partial charge in [0.2, 0.25) is 0 Å². The van der Waals surface area contributed by atoms with Crippen molar-refractivity contribution in [3.8, 4) is 0 Å². The summed E-state index contributed by atoms with van der Waals surface area (Å²) in [6.07, 6.45) is 0. The molecule has 0 aliphatic carbocycles. The zero-order valence-electron chi connectivity index (χ0n) is 11.4. The molecule has 0 aliphatic rings. The standard InChI is InChI=1S/C14H22N2S/c1-10-8-11(6-7-12(10)13(15)17)16(5)9-14(2,3)4/h6-8H,9H2,1-5H3,(H2,15,17). The summed E-state index contributed by atoms with van der Waals surface area (Å²) >= 11 is 5.01. The third kappa shape index (κ3) is 4.00. The second-order valence-electron chi connectivity index (χ2n) is 5.78. The maximum Gasteiger partial charge on any atom is 0.104 e. The van der Waals surface area contributed by atoms with Gasteiger partial charge in [0.1, 0.15) is 4.99 Å². The Hall–Kier alpha value is -1.09. The van der Waals surface area contributed by atoms with Crippen molar-refractivity contribution in [2.24, 2.45) is 11.1 Å². The largest absolute Gasteiger partial charge is 0.389 e. The molecule has 0 saturated carbocycles. The fourth-order valence-corrected chi connectivity index (χ4v) is 2.19. The van der Waals surface area contributed by atoms with E-state index in [1.54, 1.807) is 0 Å². The van der Waals surface area contributed by atoms with E-state index in [0.717, 1.165) is 17.7 Å². The first-order chi connectivity index (χ1) is 7.70. The molecule has 0 amide bonds. The van der Waals surface area contributed by atoms with Crippen LogP contribution in [0, 0.1) is 12.3 Å². The lowest BCUT2D eigenvalue weighted by molar-refractivity contribution is 0.419. The van der Waals surface area contributed by atoms with Gasteiger partial charge >= 0.3 is 0 Å². The molecule has 0 atom stereocenters. The van der Waals surface area contributed by atoms with Crippen LogP contribution in [0.2, 0.25) is 0 Å². The van der Waals surface area contributed by atoms with Gasteiger partial charge in [0.05, 0.1) is 0 Å². The fourth-order valence-electron chi connectivity index (χ4n) is 1.96. The first-order valence-corrected chi connectivity index (χ1v) is 6.23. The van der Waals surface area contributed by atoms with Crippen molar-refractivity contribution in [1.29, 1.82) is 0 Å². The Morgan fingerprint density at radius 1 is 1.35 bits per heavy atom. The average Bonchev–Trinajstić information content (AvgIpc) is 2.14. The highest BCUT2D eigenvalue weighted by Crippen LogP contribution is 2.22. The topological polar surface area (TPSA) is 29.3 Å². The molecular formula is C14H22N2S. The van der Waals surface area contributed by atoms with Crippen molar-refractivity contribution in [1.82, 2.24) is 0 Å². The van der Waals surface area contributed by atoms with Crippen LogP contribution in [-0.2, 0) is 0 Å². The smallest absolute Gasteiger partial charge is 0.104 e. The Bertz CT molecular complexity index is 419. The number of aryl methyl sites for hydroxylation is 1. The van der Waals surface area contributed by atoms with E-state index >= 15 is 0 Å². The van der Waals surface area contributed by atoms with Crippen molar-refractivity contribution in [3.05, 3.63) is 29.3 Å². The van der Waals surface area contributed by atoms with Crippen molar-refractivity contribution >= 4 is 22.9 Å². The second-order valence-corrected chi connectivity index (χ2v) is 6.22. The monoisotopic (exact) mass is 250 g/mol. The van der Waals surface area contributed by atoms with Crippen molar-refractivity contribution in [2.75, 3.05) is 18.5 Å².